The Morgan fingerprint density at radius 2 is 0.661 bits per heavy atom. The van der Waals surface area contributed by atoms with Crippen LogP contribution in [0.2, 0.25) is 0 Å². The first kappa shape index (κ1) is 96.1. The number of amides is 12. The van der Waals surface area contributed by atoms with E-state index in [4.69, 9.17) is 4.74 Å². The summed E-state index contributed by atoms with van der Waals surface area (Å²) >= 11 is 0. The van der Waals surface area contributed by atoms with Crippen LogP contribution in [-0.2, 0) is 11.3 Å². The van der Waals surface area contributed by atoms with Crippen molar-refractivity contribution in [3.05, 3.63) is 30.1 Å². The van der Waals surface area contributed by atoms with E-state index >= 15 is 0 Å². The fraction of sp³-hybridized carbons (Fsp3) is 0.876. The third-order valence-electron chi connectivity index (χ3n) is 28.8. The monoisotopic (exact) mass is 1660 g/mol. The summed E-state index contributed by atoms with van der Waals surface area (Å²) < 4.78 is 42.5. The number of carbonyl (C=O) groups excluding carboxylic acids is 6. The minimum absolute atomic E-state index is 0.113. The number of hydrogen-bond acceptors (Lipinski definition) is 14. The van der Waals surface area contributed by atoms with Crippen LogP contribution < -0.4 is 0 Å². The lowest BCUT2D eigenvalue weighted by Crippen LogP contribution is -2.55. The van der Waals surface area contributed by atoms with E-state index in [-0.39, 0.29) is 36.2 Å². The van der Waals surface area contributed by atoms with E-state index in [1.54, 1.807) is 20.9 Å². The molecule has 26 nitrogen and oxygen atoms in total. The maximum atomic E-state index is 12.9. The third kappa shape index (κ3) is 27.4. The Labute approximate surface area is 710 Å². The van der Waals surface area contributed by atoms with Gasteiger partial charge in [-0.15, -0.1) is 0 Å². The number of aromatic nitrogens is 1. The molecule has 118 heavy (non-hydrogen) atoms. The van der Waals surface area contributed by atoms with E-state index < -0.39 is 18.8 Å². The number of piperidine rings is 6. The summed E-state index contributed by atoms with van der Waals surface area (Å²) in [7, 11) is 25.5. The van der Waals surface area contributed by atoms with Gasteiger partial charge in [0, 0.05) is 144 Å². The molecule has 13 aliphatic heterocycles. The standard InChI is InChI=1S/C18H28N4O.C16H31N3O.C15H27N3O2.C14H24F3N3O.2C13H25N3O/c1-20-12-8-15(9-13-20)17-7-5-11-22(17)18(23)21(2)14-16-6-3-4-10-19-16;1-5-18(13(2)3)16(20)19-10-6-7-15(19)14-8-11-17(4)12-9-14;1-16-8-5-12(6-9-16)14-4-3-7-18(14)15(19)17(2)13-10-20-11-13;1-18-8-5-11(6-9-18)12-4-3-7-20(12)13(21)19(2)10-14(15,16)17;2*1-14(2)13(17)16-8-4-5-12(16)11-6-9-15(3)10-7-11/h3-4,6,10,15,17H,5,7-9,11-14H2,1-2H3;13-15H,5-12H2,1-4H3;12-14H,3-11H2,1-2H3;11-12H,3-10H2,1-2H3;2*11-12H,4-10H2,1-3H3/t17-;15-;14-;2*12-;/m00000./s1. The van der Waals surface area contributed by atoms with Crippen LogP contribution in [0, 0.1) is 35.5 Å². The minimum Gasteiger partial charge on any atom is -0.377 e. The molecule has 13 fully saturated rings. The molecule has 0 radical (unpaired) electrons. The molecule has 1 aromatic heterocycles. The van der Waals surface area contributed by atoms with E-state index in [9.17, 15) is 41.9 Å². The van der Waals surface area contributed by atoms with E-state index in [1.165, 1.54) is 169 Å². The zero-order chi connectivity index (χ0) is 85.5. The highest BCUT2D eigenvalue weighted by Gasteiger charge is 2.45. The first-order chi connectivity index (χ1) is 56.3. The molecule has 29 heteroatoms. The molecule has 14 heterocycles. The zero-order valence-corrected chi connectivity index (χ0v) is 76.1. The number of hydrogen-bond donors (Lipinski definition) is 0. The van der Waals surface area contributed by atoms with Crippen LogP contribution in [-0.4, -0.2) is 420 Å². The van der Waals surface area contributed by atoms with E-state index in [1.807, 2.05) is 75.2 Å². The molecule has 1 aromatic rings. The summed E-state index contributed by atoms with van der Waals surface area (Å²) in [4.78, 5) is 116. The van der Waals surface area contributed by atoms with Gasteiger partial charge in [-0.1, -0.05) is 6.07 Å². The molecule has 0 aromatic carbocycles. The number of alkyl halides is 3. The van der Waals surface area contributed by atoms with Crippen LogP contribution in [0.1, 0.15) is 181 Å². The summed E-state index contributed by atoms with van der Waals surface area (Å²) in [5.74, 6) is 3.94. The second-order valence-electron chi connectivity index (χ2n) is 38.1. The third-order valence-corrected chi connectivity index (χ3v) is 28.8. The Morgan fingerprint density at radius 1 is 0.390 bits per heavy atom. The maximum absolute atomic E-state index is 12.9. The number of likely N-dealkylation sites (N-methyl/N-ethyl adjacent to an activating group) is 1. The normalized spacial score (nSPS) is 26.3. The van der Waals surface area contributed by atoms with Gasteiger partial charge in [0.15, 0.2) is 0 Å². The van der Waals surface area contributed by atoms with Crippen molar-refractivity contribution in [2.24, 2.45) is 35.5 Å². The number of rotatable bonds is 12. The van der Waals surface area contributed by atoms with Crippen molar-refractivity contribution in [1.82, 2.24) is 93.2 Å². The Bertz CT molecular complexity index is 3100. The van der Waals surface area contributed by atoms with E-state index in [2.05, 4.69) is 122 Å². The number of nitrogens with zero attached hydrogens (tertiary/aromatic N) is 19. The highest BCUT2D eigenvalue weighted by atomic mass is 19.4. The second-order valence-corrected chi connectivity index (χ2v) is 38.1. The smallest absolute Gasteiger partial charge is 0.377 e. The zero-order valence-electron chi connectivity index (χ0n) is 76.1. The molecule has 0 spiro atoms. The molecule has 0 aliphatic carbocycles. The van der Waals surface area contributed by atoms with Crippen molar-refractivity contribution in [1.29, 1.82) is 0 Å². The highest BCUT2D eigenvalue weighted by molar-refractivity contribution is 5.77. The van der Waals surface area contributed by atoms with Gasteiger partial charge >= 0.3 is 42.4 Å². The number of urea groups is 6. The average Bonchev–Trinajstić information content (AvgIpc) is 1.65. The van der Waals surface area contributed by atoms with Crippen molar-refractivity contribution >= 4 is 36.2 Å². The summed E-state index contributed by atoms with van der Waals surface area (Å²) in [5, 5.41) is 0. The van der Waals surface area contributed by atoms with Crippen LogP contribution in [0.3, 0.4) is 0 Å². The molecule has 0 bridgehead atoms. The Balaban J connectivity index is 0.000000162. The van der Waals surface area contributed by atoms with Gasteiger partial charge in [0.1, 0.15) is 6.54 Å². The second kappa shape index (κ2) is 46.7. The Hall–Kier alpha value is -5.72. The van der Waals surface area contributed by atoms with Gasteiger partial charge < -0.3 is 92.9 Å². The SMILES string of the molecule is CCN(C(=O)N1CCC[C@H]1C1CCN(C)CC1)C(C)C.CN1CCC(C2CCCN2C(=O)N(C)C)CC1.CN1CCC([C@@H]2CCCN2C(=O)N(C)C)CC1.CN1CCC([C@@H]2CCCN2C(=O)N(C)C2COC2)CC1.CN1CCC([C@@H]2CCCN2C(=O)N(C)CC(F)(F)F)CC1.CN1CCC([C@@H]2CCCN2C(=O)N(C)Cc2ccccn2)CC1. The molecule has 12 amide bonds. The van der Waals surface area contributed by atoms with Gasteiger partial charge in [0.2, 0.25) is 0 Å². The highest BCUT2D eigenvalue weighted by Crippen LogP contribution is 2.39. The predicted molar refractivity (Wildman–Crippen MR) is 464 cm³/mol. The topological polar surface area (TPSA) is 183 Å². The molecule has 0 N–H and O–H groups in total. The molecule has 13 saturated heterocycles. The molecule has 6 atom stereocenters. The van der Waals surface area contributed by atoms with Crippen molar-refractivity contribution in [3.63, 3.8) is 0 Å². The summed E-state index contributed by atoms with van der Waals surface area (Å²) in [6, 6.07) is 9.52. The van der Waals surface area contributed by atoms with Crippen LogP contribution in [0.4, 0.5) is 41.9 Å². The summed E-state index contributed by atoms with van der Waals surface area (Å²) in [6.07, 6.45) is 25.5. The van der Waals surface area contributed by atoms with Gasteiger partial charge in [-0.2, -0.15) is 13.2 Å². The number of pyridine rings is 1. The molecular weight excluding hydrogens is 1500 g/mol. The largest absolute Gasteiger partial charge is 0.406 e. The molecule has 1 unspecified atom stereocenters. The Kier molecular flexibility index (Phi) is 38.0. The minimum atomic E-state index is -4.34. The molecule has 0 saturated carbocycles. The first-order valence-corrected chi connectivity index (χ1v) is 46.1. The van der Waals surface area contributed by atoms with Crippen LogP contribution in [0.25, 0.3) is 0 Å². The van der Waals surface area contributed by atoms with E-state index in [0.717, 1.165) is 133 Å². The van der Waals surface area contributed by atoms with Gasteiger partial charge in [0.25, 0.3) is 0 Å². The predicted octanol–water partition coefficient (Wildman–Crippen LogP) is 11.7. The summed E-state index contributed by atoms with van der Waals surface area (Å²) in [5.41, 5.74) is 0.943. The van der Waals surface area contributed by atoms with Gasteiger partial charge in [-0.05, 0) is 343 Å². The fourth-order valence-electron chi connectivity index (χ4n) is 21.4. The summed E-state index contributed by atoms with van der Waals surface area (Å²) in [6.45, 7) is 27.0. The number of ether oxygens (including phenoxy) is 1. The van der Waals surface area contributed by atoms with Crippen LogP contribution in [0.5, 0.6) is 0 Å². The average molecular weight is 1670 g/mol. The van der Waals surface area contributed by atoms with Crippen LogP contribution in [0.15, 0.2) is 24.4 Å². The maximum Gasteiger partial charge on any atom is 0.406 e. The van der Waals surface area contributed by atoms with Crippen molar-refractivity contribution in [3.8, 4) is 0 Å². The molecule has 14 rings (SSSR count). The van der Waals surface area contributed by atoms with Gasteiger partial charge in [-0.3, -0.25) is 4.98 Å². The lowest BCUT2D eigenvalue weighted by molar-refractivity contribution is -0.138. The van der Waals surface area contributed by atoms with E-state index in [0.29, 0.717) is 92.3 Å². The fourth-order valence-corrected chi connectivity index (χ4v) is 21.4. The molecule has 674 valence electrons. The van der Waals surface area contributed by atoms with Crippen molar-refractivity contribution in [2.45, 2.75) is 236 Å². The van der Waals surface area contributed by atoms with Crippen LogP contribution >= 0.6 is 0 Å². The van der Waals surface area contributed by atoms with Gasteiger partial charge in [-0.25, -0.2) is 28.8 Å². The quantitative estimate of drug-likeness (QED) is 0.193. The molecular formula is C89H160F3N19O7. The first-order valence-electron chi connectivity index (χ1n) is 46.1. The number of carbonyl (C=O) groups is 6. The van der Waals surface area contributed by atoms with Crippen molar-refractivity contribution in [2.75, 3.05) is 236 Å². The molecule has 13 aliphatic rings. The van der Waals surface area contributed by atoms with Crippen molar-refractivity contribution < 1.29 is 46.7 Å². The van der Waals surface area contributed by atoms with Gasteiger partial charge in [0.05, 0.1) is 31.5 Å². The number of halogens is 3. The lowest BCUT2D eigenvalue weighted by Gasteiger charge is -2.41. The Morgan fingerprint density at radius 3 is 0.898 bits per heavy atom. The number of likely N-dealkylation sites (tertiary alicyclic amines) is 12. The lowest BCUT2D eigenvalue weighted by atomic mass is 9.88.